The van der Waals surface area contributed by atoms with Gasteiger partial charge in [-0.2, -0.15) is 0 Å². The average molecular weight is 1050 g/mol. The first-order valence-corrected chi connectivity index (χ1v) is 29.3. The van der Waals surface area contributed by atoms with Gasteiger partial charge in [-0.25, -0.2) is 19.9 Å². The molecule has 18 heteroatoms. The molecule has 0 saturated heterocycles. The first kappa shape index (κ1) is 50.5. The third-order valence-corrected chi connectivity index (χ3v) is 18.5. The third kappa shape index (κ3) is 11.4. The standard InChI is InChI=1S/C54H63N9O5S4/c1-31-11-15-38(55-31)48-33(3)61-53(19-20-53)36(48)25-34(64)13-17-46-57-42(29-69-46)51-59-40(27-71-51)44(66)9-5-7-23-63(4)24-8-6-10-45(67)41-28-72-52(60-41)43-30-70-47(58-43)18-14-35(65)26-37-49(39-16-12-32(2)56-39)50(68)62-54(37)21-22-54/h27-32,61H,3,5-26H2,1-2,4H3,(H,62,68)/t31-,32-/m0/s1. The first-order chi connectivity index (χ1) is 34.7. The molecule has 0 aromatic carbocycles. The van der Waals surface area contributed by atoms with Crippen molar-refractivity contribution in [2.24, 2.45) is 9.98 Å². The molecule has 0 bridgehead atoms. The van der Waals surface area contributed by atoms with Gasteiger partial charge in [0.25, 0.3) is 5.91 Å². The maximum absolute atomic E-state index is 13.3. The SMILES string of the molecule is C=C1NC2(CC2)C(CC(=O)CCc2nc(-c3nc(C(=O)CCCCN(C)CCCCC(=O)c4csc(-c5csc(CCC(=O)CC6=C(C7=N[C@@H](C)CC7)C(=O)NC67CC7)n5)n4)cs3)cs2)=C1C1=N[C@@H](C)CC1. The molecule has 2 spiro atoms. The van der Waals surface area contributed by atoms with Crippen molar-refractivity contribution in [2.75, 3.05) is 20.1 Å². The van der Waals surface area contributed by atoms with E-state index in [1.807, 2.05) is 21.5 Å². The molecule has 10 rings (SSSR count). The van der Waals surface area contributed by atoms with Gasteiger partial charge in [-0.1, -0.05) is 6.58 Å². The average Bonchev–Trinajstić information content (AvgIpc) is 3.92. The lowest BCUT2D eigenvalue weighted by molar-refractivity contribution is -0.119. The Labute approximate surface area is 437 Å². The fourth-order valence-corrected chi connectivity index (χ4v) is 13.8. The fourth-order valence-electron chi connectivity index (χ4n) is 10.6. The van der Waals surface area contributed by atoms with Crippen LogP contribution >= 0.6 is 45.3 Å². The smallest absolute Gasteiger partial charge is 0.253 e. The Morgan fingerprint density at radius 2 is 1.11 bits per heavy atom. The highest BCUT2D eigenvalue weighted by molar-refractivity contribution is 7.14. The number of amides is 1. The summed E-state index contributed by atoms with van der Waals surface area (Å²) in [5.74, 6) is 0.296. The van der Waals surface area contributed by atoms with E-state index in [4.69, 9.17) is 20.0 Å². The maximum Gasteiger partial charge on any atom is 0.253 e. The van der Waals surface area contributed by atoms with Crippen molar-refractivity contribution in [3.8, 4) is 21.4 Å². The second kappa shape index (κ2) is 21.5. The van der Waals surface area contributed by atoms with Gasteiger partial charge in [-0.15, -0.1) is 45.3 Å². The number of thiazole rings is 4. The van der Waals surface area contributed by atoms with Crippen LogP contribution in [0.4, 0.5) is 0 Å². The molecule has 378 valence electrons. The highest BCUT2D eigenvalue weighted by Crippen LogP contribution is 2.52. The molecule has 2 N–H and O–H groups in total. The summed E-state index contributed by atoms with van der Waals surface area (Å²) in [7, 11) is 2.08. The van der Waals surface area contributed by atoms with Gasteiger partial charge in [0.05, 0.1) is 26.7 Å². The molecule has 8 heterocycles. The molecule has 4 aromatic rings. The molecule has 0 unspecified atom stereocenters. The Morgan fingerprint density at radius 1 is 0.639 bits per heavy atom. The van der Waals surface area contributed by atoms with Crippen molar-refractivity contribution < 1.29 is 24.0 Å². The number of allylic oxidation sites excluding steroid dienone is 1. The summed E-state index contributed by atoms with van der Waals surface area (Å²) in [6.45, 7) is 10.2. The Bertz CT molecular complexity index is 2750. The Hall–Kier alpha value is -5.01. The largest absolute Gasteiger partial charge is 0.376 e. The van der Waals surface area contributed by atoms with E-state index in [-0.39, 0.29) is 52.6 Å². The maximum atomic E-state index is 13.3. The molecule has 4 aliphatic heterocycles. The highest BCUT2D eigenvalue weighted by Gasteiger charge is 2.55. The second-order valence-corrected chi connectivity index (χ2v) is 24.3. The quantitative estimate of drug-likeness (QED) is 0.0450. The Kier molecular flexibility index (Phi) is 15.1. The van der Waals surface area contributed by atoms with Crippen LogP contribution in [-0.4, -0.2) is 109 Å². The summed E-state index contributed by atoms with van der Waals surface area (Å²) >= 11 is 5.87. The number of ketones is 4. The molecule has 2 atom stereocenters. The van der Waals surface area contributed by atoms with E-state index in [9.17, 15) is 24.0 Å². The molecular weight excluding hydrogens is 983 g/mol. The van der Waals surface area contributed by atoms with Gasteiger partial charge in [-0.05, 0) is 122 Å². The molecule has 4 aromatic heterocycles. The van der Waals surface area contributed by atoms with Gasteiger partial charge in [0.15, 0.2) is 11.6 Å². The lowest BCUT2D eigenvalue weighted by atomic mass is 9.92. The van der Waals surface area contributed by atoms with Crippen molar-refractivity contribution in [1.29, 1.82) is 0 Å². The van der Waals surface area contributed by atoms with Crippen LogP contribution in [0.5, 0.6) is 0 Å². The van der Waals surface area contributed by atoms with Gasteiger partial charge in [0.1, 0.15) is 44.4 Å². The van der Waals surface area contributed by atoms with Gasteiger partial charge < -0.3 is 15.5 Å². The number of carbonyl (C=O) groups is 5. The number of carbonyl (C=O) groups excluding carboxylic acids is 5. The van der Waals surface area contributed by atoms with Crippen molar-refractivity contribution in [3.05, 3.63) is 77.5 Å². The van der Waals surface area contributed by atoms with Crippen LogP contribution in [0.15, 0.2) is 66.1 Å². The van der Waals surface area contributed by atoms with E-state index >= 15 is 0 Å². The van der Waals surface area contributed by atoms with E-state index in [1.165, 1.54) is 50.9 Å². The minimum absolute atomic E-state index is 0.0234. The summed E-state index contributed by atoms with van der Waals surface area (Å²) in [5.41, 5.74) is 8.77. The molecule has 2 saturated carbocycles. The van der Waals surface area contributed by atoms with Crippen molar-refractivity contribution in [1.82, 2.24) is 35.5 Å². The number of unbranched alkanes of at least 4 members (excludes halogenated alkanes) is 2. The topological polar surface area (TPSA) is 189 Å². The summed E-state index contributed by atoms with van der Waals surface area (Å²) in [6, 6.07) is 0.524. The van der Waals surface area contributed by atoms with Crippen molar-refractivity contribution >= 4 is 85.8 Å². The van der Waals surface area contributed by atoms with Crippen LogP contribution in [0.25, 0.3) is 21.4 Å². The molecule has 72 heavy (non-hydrogen) atoms. The van der Waals surface area contributed by atoms with Gasteiger partial charge in [0, 0.05) is 108 Å². The molecule has 6 aliphatic rings. The molecule has 2 fully saturated rings. The minimum Gasteiger partial charge on any atom is -0.376 e. The van der Waals surface area contributed by atoms with Crippen molar-refractivity contribution in [3.63, 3.8) is 0 Å². The zero-order valence-corrected chi connectivity index (χ0v) is 44.8. The molecule has 14 nitrogen and oxygen atoms in total. The van der Waals surface area contributed by atoms with Crippen LogP contribution in [0.1, 0.15) is 160 Å². The number of hydrogen-bond acceptors (Lipinski definition) is 17. The summed E-state index contributed by atoms with van der Waals surface area (Å²) in [6.07, 6.45) is 14.2. The highest BCUT2D eigenvalue weighted by atomic mass is 32.1. The zero-order valence-electron chi connectivity index (χ0n) is 41.5. The first-order valence-electron chi connectivity index (χ1n) is 25.7. The summed E-state index contributed by atoms with van der Waals surface area (Å²) < 4.78 is 0. The molecule has 2 aliphatic carbocycles. The lowest BCUT2D eigenvalue weighted by Gasteiger charge is -2.15. The number of Topliss-reactive ketones (excluding diaryl/α,β-unsaturated/α-hetero) is 4. The molecule has 1 amide bonds. The van der Waals surface area contributed by atoms with Gasteiger partial charge in [-0.3, -0.25) is 34.0 Å². The second-order valence-electron chi connectivity index (χ2n) is 20.7. The van der Waals surface area contributed by atoms with E-state index < -0.39 is 0 Å². The van der Waals surface area contributed by atoms with Gasteiger partial charge in [0.2, 0.25) is 0 Å². The lowest BCUT2D eigenvalue weighted by Crippen LogP contribution is -2.31. The summed E-state index contributed by atoms with van der Waals surface area (Å²) in [4.78, 5) is 96.4. The van der Waals surface area contributed by atoms with E-state index in [0.29, 0.717) is 73.0 Å². The normalized spacial score (nSPS) is 20.6. The van der Waals surface area contributed by atoms with Crippen LogP contribution < -0.4 is 10.6 Å². The van der Waals surface area contributed by atoms with Crippen LogP contribution in [-0.2, 0) is 27.2 Å². The number of rotatable bonds is 26. The van der Waals surface area contributed by atoms with Crippen LogP contribution in [0, 0.1) is 0 Å². The predicted octanol–water partition coefficient (Wildman–Crippen LogP) is 10.1. The monoisotopic (exact) mass is 1050 g/mol. The third-order valence-electron chi connectivity index (χ3n) is 15.0. The number of hydrogen-bond donors (Lipinski definition) is 2. The number of aryl methyl sites for hydroxylation is 2. The minimum atomic E-state index is -0.343. The summed E-state index contributed by atoms with van der Waals surface area (Å²) in [5, 5.41) is 17.5. The van der Waals surface area contributed by atoms with Crippen molar-refractivity contribution in [2.45, 2.75) is 165 Å². The number of nitrogens with one attached hydrogen (secondary N) is 2. The van der Waals surface area contributed by atoms with E-state index in [1.54, 1.807) is 0 Å². The number of aromatic nitrogens is 4. The molecule has 0 radical (unpaired) electrons. The van der Waals surface area contributed by atoms with Crippen LogP contribution in [0.3, 0.4) is 0 Å². The number of nitrogens with zero attached hydrogens (tertiary/aromatic N) is 7. The predicted molar refractivity (Wildman–Crippen MR) is 287 cm³/mol. The van der Waals surface area contributed by atoms with E-state index in [0.717, 1.165) is 145 Å². The Morgan fingerprint density at radius 3 is 1.58 bits per heavy atom. The molecular formula is C54H63N9O5S4. The van der Waals surface area contributed by atoms with Gasteiger partial charge >= 0.3 is 0 Å². The van der Waals surface area contributed by atoms with E-state index in [2.05, 4.69) is 53.0 Å². The number of aliphatic imine (C=N–C) groups is 2. The fraction of sp³-hybridized carbons (Fsp3) is 0.537. The Balaban J connectivity index is 0.599. The van der Waals surface area contributed by atoms with Crippen LogP contribution in [0.2, 0.25) is 0 Å². The zero-order chi connectivity index (χ0) is 50.1.